The lowest BCUT2D eigenvalue weighted by atomic mass is 10.3. The smallest absolute Gasteiger partial charge is 0.210 e. The van der Waals surface area contributed by atoms with Gasteiger partial charge in [0.2, 0.25) is 5.13 Å². The van der Waals surface area contributed by atoms with Crippen LogP contribution in [0.3, 0.4) is 0 Å². The summed E-state index contributed by atoms with van der Waals surface area (Å²) in [4.78, 5) is 4.27. The quantitative estimate of drug-likeness (QED) is 0.572. The largest absolute Gasteiger partial charge is 0.366 e. The number of rotatable bonds is 2. The van der Waals surface area contributed by atoms with Crippen LogP contribution < -0.4 is 15.7 Å². The molecule has 5 nitrogen and oxygen atoms in total. The molecular formula is C10H12N4OS2. The summed E-state index contributed by atoms with van der Waals surface area (Å²) >= 11 is 6.44. The van der Waals surface area contributed by atoms with Gasteiger partial charge in [-0.25, -0.2) is 10.0 Å². The molecule has 0 aliphatic rings. The van der Waals surface area contributed by atoms with Crippen LogP contribution in [0.15, 0.2) is 18.2 Å². The third-order valence-electron chi connectivity index (χ3n) is 2.14. The van der Waals surface area contributed by atoms with E-state index in [9.17, 15) is 5.21 Å². The fraction of sp³-hybridized carbons (Fsp3) is 0.200. The van der Waals surface area contributed by atoms with Crippen LogP contribution in [0, 0.1) is 0 Å². The Bertz CT molecular complexity index is 552. The zero-order valence-electron chi connectivity index (χ0n) is 9.39. The Kier molecular flexibility index (Phi) is 3.41. The first kappa shape index (κ1) is 12.0. The highest BCUT2D eigenvalue weighted by Crippen LogP contribution is 2.29. The number of nitrogens with one attached hydrogen (secondary N) is 2. The van der Waals surface area contributed by atoms with Gasteiger partial charge in [0.25, 0.3) is 0 Å². The van der Waals surface area contributed by atoms with Crippen LogP contribution >= 0.6 is 23.6 Å². The monoisotopic (exact) mass is 268 g/mol. The van der Waals surface area contributed by atoms with Crippen molar-refractivity contribution in [3.63, 3.8) is 0 Å². The maximum absolute atomic E-state index is 9.31. The van der Waals surface area contributed by atoms with E-state index < -0.39 is 0 Å². The summed E-state index contributed by atoms with van der Waals surface area (Å²) < 4.78 is 0.991. The van der Waals surface area contributed by atoms with E-state index in [4.69, 9.17) is 12.2 Å². The van der Waals surface area contributed by atoms with Gasteiger partial charge in [0.1, 0.15) is 0 Å². The van der Waals surface area contributed by atoms with Crippen molar-refractivity contribution in [1.82, 2.24) is 10.3 Å². The molecule has 0 atom stereocenters. The van der Waals surface area contributed by atoms with Gasteiger partial charge in [0, 0.05) is 19.8 Å². The first-order valence-corrected chi connectivity index (χ1v) is 6.14. The molecule has 1 heterocycles. The molecule has 1 aromatic heterocycles. The Hall–Kier alpha value is -1.44. The van der Waals surface area contributed by atoms with Gasteiger partial charge in [-0.1, -0.05) is 11.3 Å². The molecule has 0 amide bonds. The molecule has 2 rings (SSSR count). The SMILES string of the molecule is CNC(=S)Nc1ccc2nc(N(C)O)sc2c1. The van der Waals surface area contributed by atoms with Crippen molar-refractivity contribution in [3.05, 3.63) is 18.2 Å². The summed E-state index contributed by atoms with van der Waals surface area (Å²) in [7, 11) is 3.31. The highest BCUT2D eigenvalue weighted by molar-refractivity contribution is 7.80. The maximum Gasteiger partial charge on any atom is 0.210 e. The van der Waals surface area contributed by atoms with Gasteiger partial charge in [-0.3, -0.25) is 5.21 Å². The van der Waals surface area contributed by atoms with Gasteiger partial charge in [0.05, 0.1) is 10.2 Å². The molecule has 0 aliphatic heterocycles. The summed E-state index contributed by atoms with van der Waals surface area (Å²) in [6.45, 7) is 0. The molecule has 0 saturated carbocycles. The summed E-state index contributed by atoms with van der Waals surface area (Å²) in [5, 5.41) is 17.3. The average molecular weight is 268 g/mol. The van der Waals surface area contributed by atoms with E-state index in [1.165, 1.54) is 11.3 Å². The van der Waals surface area contributed by atoms with Gasteiger partial charge in [-0.15, -0.1) is 0 Å². The van der Waals surface area contributed by atoms with Crippen LogP contribution in [-0.2, 0) is 0 Å². The van der Waals surface area contributed by atoms with Crippen molar-refractivity contribution in [2.75, 3.05) is 24.5 Å². The molecular weight excluding hydrogens is 256 g/mol. The van der Waals surface area contributed by atoms with E-state index in [0.29, 0.717) is 10.2 Å². The lowest BCUT2D eigenvalue weighted by Crippen LogP contribution is -2.23. The van der Waals surface area contributed by atoms with Gasteiger partial charge in [0.15, 0.2) is 5.11 Å². The Morgan fingerprint density at radius 2 is 2.29 bits per heavy atom. The van der Waals surface area contributed by atoms with Crippen LogP contribution in [-0.4, -0.2) is 29.4 Å². The fourth-order valence-electron chi connectivity index (χ4n) is 1.32. The topological polar surface area (TPSA) is 60.4 Å². The standard InChI is InChI=1S/C10H12N4OS2/c1-11-9(16)12-6-3-4-7-8(5-6)17-10(13-7)14(2)15/h3-5,15H,1-2H3,(H2,11,12,16). The molecule has 0 bridgehead atoms. The van der Waals surface area contributed by atoms with Crippen molar-refractivity contribution < 1.29 is 5.21 Å². The van der Waals surface area contributed by atoms with Crippen molar-refractivity contribution >= 4 is 49.7 Å². The van der Waals surface area contributed by atoms with E-state index in [1.54, 1.807) is 14.1 Å². The van der Waals surface area contributed by atoms with Crippen molar-refractivity contribution in [2.24, 2.45) is 0 Å². The lowest BCUT2D eigenvalue weighted by Gasteiger charge is -2.05. The molecule has 90 valence electrons. The number of benzene rings is 1. The predicted molar refractivity (Wildman–Crippen MR) is 75.1 cm³/mol. The van der Waals surface area contributed by atoms with E-state index in [2.05, 4.69) is 15.6 Å². The minimum absolute atomic E-state index is 0.563. The second-order valence-electron chi connectivity index (χ2n) is 3.41. The number of thiocarbonyl (C=S) groups is 1. The number of hydrogen-bond donors (Lipinski definition) is 3. The first-order chi connectivity index (χ1) is 8.10. The van der Waals surface area contributed by atoms with Crippen LogP contribution in [0.5, 0.6) is 0 Å². The molecule has 2 aromatic rings. The van der Waals surface area contributed by atoms with Crippen molar-refractivity contribution in [1.29, 1.82) is 0 Å². The molecule has 7 heteroatoms. The van der Waals surface area contributed by atoms with Crippen molar-refractivity contribution in [3.8, 4) is 0 Å². The average Bonchev–Trinajstić information content (AvgIpc) is 2.72. The fourth-order valence-corrected chi connectivity index (χ4v) is 2.32. The van der Waals surface area contributed by atoms with Gasteiger partial charge >= 0.3 is 0 Å². The first-order valence-electron chi connectivity index (χ1n) is 4.92. The number of fused-ring (bicyclic) bond motifs is 1. The zero-order valence-corrected chi connectivity index (χ0v) is 11.0. The van der Waals surface area contributed by atoms with E-state index in [1.807, 2.05) is 18.2 Å². The summed E-state index contributed by atoms with van der Waals surface area (Å²) in [5.41, 5.74) is 1.75. The van der Waals surface area contributed by atoms with Crippen LogP contribution in [0.25, 0.3) is 10.2 Å². The minimum Gasteiger partial charge on any atom is -0.366 e. The molecule has 0 aliphatic carbocycles. The second-order valence-corrected chi connectivity index (χ2v) is 4.82. The van der Waals surface area contributed by atoms with Crippen LogP contribution in [0.4, 0.5) is 10.8 Å². The third kappa shape index (κ3) is 2.63. The highest BCUT2D eigenvalue weighted by atomic mass is 32.1. The summed E-state index contributed by atoms with van der Waals surface area (Å²) in [6.07, 6.45) is 0. The lowest BCUT2D eigenvalue weighted by molar-refractivity contribution is 0.279. The Labute approximate surface area is 108 Å². The van der Waals surface area contributed by atoms with Crippen LogP contribution in [0.1, 0.15) is 0 Å². The molecule has 0 radical (unpaired) electrons. The Morgan fingerprint density at radius 1 is 1.53 bits per heavy atom. The summed E-state index contributed by atoms with van der Waals surface area (Å²) in [6, 6.07) is 5.73. The third-order valence-corrected chi connectivity index (χ3v) is 3.53. The van der Waals surface area contributed by atoms with E-state index in [0.717, 1.165) is 21.0 Å². The van der Waals surface area contributed by atoms with Crippen molar-refractivity contribution in [2.45, 2.75) is 0 Å². The number of hydrogen-bond acceptors (Lipinski definition) is 5. The Morgan fingerprint density at radius 3 is 2.94 bits per heavy atom. The van der Waals surface area contributed by atoms with E-state index >= 15 is 0 Å². The second kappa shape index (κ2) is 4.82. The normalized spacial score (nSPS) is 10.3. The minimum atomic E-state index is 0.563. The Balaban J connectivity index is 2.33. The van der Waals surface area contributed by atoms with E-state index in [-0.39, 0.29) is 0 Å². The van der Waals surface area contributed by atoms with Gasteiger partial charge in [-0.2, -0.15) is 0 Å². The number of hydroxylamine groups is 1. The van der Waals surface area contributed by atoms with Gasteiger partial charge in [-0.05, 0) is 30.4 Å². The molecule has 1 aromatic carbocycles. The molecule has 17 heavy (non-hydrogen) atoms. The van der Waals surface area contributed by atoms with Crippen LogP contribution in [0.2, 0.25) is 0 Å². The molecule has 0 saturated heterocycles. The number of anilines is 2. The van der Waals surface area contributed by atoms with Gasteiger partial charge < -0.3 is 10.6 Å². The molecule has 0 spiro atoms. The maximum atomic E-state index is 9.31. The number of nitrogens with zero attached hydrogens (tertiary/aromatic N) is 2. The number of aromatic nitrogens is 1. The molecule has 0 fully saturated rings. The highest BCUT2D eigenvalue weighted by Gasteiger charge is 2.07. The molecule has 0 unspecified atom stereocenters. The summed E-state index contributed by atoms with van der Waals surface area (Å²) in [5.74, 6) is 0. The number of thiazole rings is 1. The predicted octanol–water partition coefficient (Wildman–Crippen LogP) is 2.04. The zero-order chi connectivity index (χ0) is 12.4. The molecule has 3 N–H and O–H groups in total.